The lowest BCUT2D eigenvalue weighted by Crippen LogP contribution is -1.87. The number of hydrogen-bond donors (Lipinski definition) is 1. The zero-order chi connectivity index (χ0) is 10.6. The summed E-state index contributed by atoms with van der Waals surface area (Å²) < 4.78 is 14.8. The van der Waals surface area contributed by atoms with Gasteiger partial charge in [0.25, 0.3) is 0 Å². The van der Waals surface area contributed by atoms with E-state index in [4.69, 9.17) is 4.89 Å². The molecule has 0 aromatic rings. The van der Waals surface area contributed by atoms with Crippen molar-refractivity contribution in [1.29, 1.82) is 0 Å². The summed E-state index contributed by atoms with van der Waals surface area (Å²) in [5, 5.41) is 0. The minimum absolute atomic E-state index is 0.434. The van der Waals surface area contributed by atoms with Crippen LogP contribution in [0.15, 0.2) is 0 Å². The molecule has 0 rings (SSSR count). The Hall–Kier alpha value is 0.150. The first-order valence-corrected chi connectivity index (χ1v) is 6.89. The smallest absolute Gasteiger partial charge is 0.316 e. The van der Waals surface area contributed by atoms with Crippen molar-refractivity contribution < 1.29 is 14.0 Å². The van der Waals surface area contributed by atoms with E-state index in [9.17, 15) is 4.57 Å². The maximum Gasteiger partial charge on any atom is 0.316 e. The van der Waals surface area contributed by atoms with Crippen molar-refractivity contribution in [3.8, 4) is 0 Å². The molecular formula is C10H23O3P. The number of unbranched alkanes of at least 4 members (excludes halogenated alkanes) is 7. The Balaban J connectivity index is 2.88. The molecule has 1 atom stereocenters. The second kappa shape index (κ2) is 11.2. The van der Waals surface area contributed by atoms with Gasteiger partial charge in [-0.15, -0.1) is 0 Å². The third-order valence-corrected chi connectivity index (χ3v) is 2.67. The van der Waals surface area contributed by atoms with E-state index < -0.39 is 8.25 Å². The molecule has 0 saturated carbocycles. The van der Waals surface area contributed by atoms with Gasteiger partial charge in [0.05, 0.1) is 6.61 Å². The van der Waals surface area contributed by atoms with Gasteiger partial charge in [0, 0.05) is 0 Å². The Bertz CT molecular complexity index is 139. The van der Waals surface area contributed by atoms with Crippen molar-refractivity contribution in [2.75, 3.05) is 6.61 Å². The van der Waals surface area contributed by atoms with Gasteiger partial charge in [0.15, 0.2) is 0 Å². The quantitative estimate of drug-likeness (QED) is 0.454. The van der Waals surface area contributed by atoms with E-state index >= 15 is 0 Å². The van der Waals surface area contributed by atoms with Gasteiger partial charge >= 0.3 is 8.25 Å². The van der Waals surface area contributed by atoms with Gasteiger partial charge in [0.1, 0.15) is 0 Å². The fourth-order valence-electron chi connectivity index (χ4n) is 1.40. The van der Waals surface area contributed by atoms with E-state index in [1.165, 1.54) is 38.5 Å². The van der Waals surface area contributed by atoms with Crippen LogP contribution in [0, 0.1) is 0 Å². The van der Waals surface area contributed by atoms with Crippen molar-refractivity contribution >= 4 is 8.25 Å². The second-order valence-electron chi connectivity index (χ2n) is 3.59. The molecular weight excluding hydrogens is 199 g/mol. The van der Waals surface area contributed by atoms with Crippen LogP contribution < -0.4 is 0 Å². The van der Waals surface area contributed by atoms with Gasteiger partial charge in [-0.05, 0) is 6.42 Å². The topological polar surface area (TPSA) is 46.5 Å². The summed E-state index contributed by atoms with van der Waals surface area (Å²) in [4.78, 5) is 8.38. The van der Waals surface area contributed by atoms with Crippen molar-refractivity contribution in [1.82, 2.24) is 0 Å². The lowest BCUT2D eigenvalue weighted by molar-refractivity contribution is 0.273. The fraction of sp³-hybridized carbons (Fsp3) is 1.00. The van der Waals surface area contributed by atoms with Crippen molar-refractivity contribution in [3.05, 3.63) is 0 Å². The monoisotopic (exact) mass is 222 g/mol. The largest absolute Gasteiger partial charge is 0.326 e. The Labute approximate surface area is 87.8 Å². The van der Waals surface area contributed by atoms with E-state index in [1.54, 1.807) is 0 Å². The Kier molecular flexibility index (Phi) is 11.3. The van der Waals surface area contributed by atoms with Crippen LogP contribution in [0.25, 0.3) is 0 Å². The van der Waals surface area contributed by atoms with Gasteiger partial charge < -0.3 is 9.42 Å². The SMILES string of the molecule is CCCCCCCCCCO[PH](=O)O. The molecule has 0 aliphatic carbocycles. The lowest BCUT2D eigenvalue weighted by Gasteiger charge is -2.01. The summed E-state index contributed by atoms with van der Waals surface area (Å²) in [6, 6.07) is 0. The standard InChI is InChI=1S/C10H23O3P/c1-2-3-4-5-6-7-8-9-10-13-14(11)12/h14H,2-10H2,1H3,(H,11,12). The average molecular weight is 222 g/mol. The average Bonchev–Trinajstić information content (AvgIpc) is 2.15. The van der Waals surface area contributed by atoms with Crippen LogP contribution in [0.5, 0.6) is 0 Å². The van der Waals surface area contributed by atoms with Crippen LogP contribution in [0.4, 0.5) is 0 Å². The first-order chi connectivity index (χ1) is 6.77. The van der Waals surface area contributed by atoms with Crippen LogP contribution in [0.2, 0.25) is 0 Å². The normalized spacial score (nSPS) is 13.0. The molecule has 0 aliphatic heterocycles. The van der Waals surface area contributed by atoms with Crippen LogP contribution in [0.3, 0.4) is 0 Å². The molecule has 0 spiro atoms. The molecule has 86 valence electrons. The molecule has 1 N–H and O–H groups in total. The Morgan fingerprint density at radius 3 is 2.00 bits per heavy atom. The summed E-state index contributed by atoms with van der Waals surface area (Å²) in [5.41, 5.74) is 0. The minimum Gasteiger partial charge on any atom is -0.326 e. The van der Waals surface area contributed by atoms with Gasteiger partial charge in [-0.25, -0.2) is 0 Å². The van der Waals surface area contributed by atoms with E-state index in [0.29, 0.717) is 6.61 Å². The van der Waals surface area contributed by atoms with Gasteiger partial charge in [-0.1, -0.05) is 51.9 Å². The molecule has 3 nitrogen and oxygen atoms in total. The third-order valence-electron chi connectivity index (χ3n) is 2.22. The van der Waals surface area contributed by atoms with Gasteiger partial charge in [-0.2, -0.15) is 0 Å². The zero-order valence-electron chi connectivity index (χ0n) is 9.13. The molecule has 0 amide bonds. The first kappa shape index (κ1) is 14.2. The number of rotatable bonds is 10. The molecule has 0 aliphatic rings. The lowest BCUT2D eigenvalue weighted by atomic mass is 10.1. The molecule has 0 aromatic carbocycles. The second-order valence-corrected chi connectivity index (χ2v) is 4.41. The van der Waals surface area contributed by atoms with Crippen LogP contribution >= 0.6 is 8.25 Å². The van der Waals surface area contributed by atoms with E-state index in [1.807, 2.05) is 0 Å². The molecule has 0 heterocycles. The zero-order valence-corrected chi connectivity index (χ0v) is 10.1. The summed E-state index contributed by atoms with van der Waals surface area (Å²) in [5.74, 6) is 0. The summed E-state index contributed by atoms with van der Waals surface area (Å²) >= 11 is 0. The molecule has 0 fully saturated rings. The van der Waals surface area contributed by atoms with Crippen molar-refractivity contribution in [2.24, 2.45) is 0 Å². The molecule has 14 heavy (non-hydrogen) atoms. The highest BCUT2D eigenvalue weighted by atomic mass is 31.1. The maximum atomic E-state index is 10.2. The van der Waals surface area contributed by atoms with Crippen molar-refractivity contribution in [2.45, 2.75) is 58.3 Å². The molecule has 4 heteroatoms. The highest BCUT2D eigenvalue weighted by Gasteiger charge is 1.93. The van der Waals surface area contributed by atoms with E-state index in [0.717, 1.165) is 12.8 Å². The first-order valence-electron chi connectivity index (χ1n) is 5.63. The predicted octanol–water partition coefficient (Wildman–Crippen LogP) is 3.53. The number of hydrogen-bond acceptors (Lipinski definition) is 2. The Morgan fingerprint density at radius 2 is 1.50 bits per heavy atom. The molecule has 0 saturated heterocycles. The highest BCUT2D eigenvalue weighted by molar-refractivity contribution is 7.32. The molecule has 0 radical (unpaired) electrons. The highest BCUT2D eigenvalue weighted by Crippen LogP contribution is 2.15. The summed E-state index contributed by atoms with van der Waals surface area (Å²) in [7, 11) is -2.69. The fourth-order valence-corrected chi connectivity index (χ4v) is 1.71. The molecule has 1 unspecified atom stereocenters. The van der Waals surface area contributed by atoms with Crippen molar-refractivity contribution in [3.63, 3.8) is 0 Å². The Morgan fingerprint density at radius 1 is 1.00 bits per heavy atom. The molecule has 0 aromatic heterocycles. The van der Waals surface area contributed by atoms with Crippen LogP contribution in [-0.2, 0) is 9.09 Å². The molecule has 0 bridgehead atoms. The van der Waals surface area contributed by atoms with Gasteiger partial charge in [-0.3, -0.25) is 4.57 Å². The maximum absolute atomic E-state index is 10.2. The third kappa shape index (κ3) is 12.2. The van der Waals surface area contributed by atoms with E-state index in [2.05, 4.69) is 11.4 Å². The summed E-state index contributed by atoms with van der Waals surface area (Å²) in [6.45, 7) is 2.65. The predicted molar refractivity (Wildman–Crippen MR) is 59.8 cm³/mol. The van der Waals surface area contributed by atoms with Crippen LogP contribution in [0.1, 0.15) is 58.3 Å². The minimum atomic E-state index is -2.69. The van der Waals surface area contributed by atoms with Crippen LogP contribution in [-0.4, -0.2) is 11.5 Å². The summed E-state index contributed by atoms with van der Waals surface area (Å²) in [6.07, 6.45) is 9.83. The van der Waals surface area contributed by atoms with E-state index in [-0.39, 0.29) is 0 Å². The van der Waals surface area contributed by atoms with Gasteiger partial charge in [0.2, 0.25) is 0 Å².